The minimum absolute atomic E-state index is 0.0684. The van der Waals surface area contributed by atoms with Crippen LogP contribution >= 0.6 is 0 Å². The van der Waals surface area contributed by atoms with Crippen molar-refractivity contribution in [1.29, 1.82) is 0 Å². The van der Waals surface area contributed by atoms with Gasteiger partial charge in [-0.3, -0.25) is 9.63 Å². The number of piperidine rings is 1. The van der Waals surface area contributed by atoms with E-state index in [-0.39, 0.29) is 30.1 Å². The molecule has 0 aromatic rings. The van der Waals surface area contributed by atoms with E-state index in [0.29, 0.717) is 19.6 Å². The average Bonchev–Trinajstić information content (AvgIpc) is 2.98. The van der Waals surface area contributed by atoms with E-state index >= 15 is 0 Å². The van der Waals surface area contributed by atoms with E-state index in [1.165, 1.54) is 0 Å². The van der Waals surface area contributed by atoms with Crippen LogP contribution in [0.25, 0.3) is 0 Å². The molecule has 3 aliphatic rings. The van der Waals surface area contributed by atoms with E-state index < -0.39 is 6.04 Å². The van der Waals surface area contributed by atoms with Crippen LogP contribution in [0, 0.1) is 0 Å². The first-order valence-corrected chi connectivity index (χ1v) is 7.50. The van der Waals surface area contributed by atoms with Crippen molar-refractivity contribution >= 4 is 11.9 Å². The monoisotopic (exact) mass is 297 g/mol. The molecular formula is C13H23N5O3. The lowest BCUT2D eigenvalue weighted by Gasteiger charge is -2.29. The fourth-order valence-corrected chi connectivity index (χ4v) is 3.37. The Morgan fingerprint density at radius 2 is 2.33 bits per heavy atom. The zero-order chi connectivity index (χ0) is 15.0. The van der Waals surface area contributed by atoms with Gasteiger partial charge >= 0.3 is 6.03 Å². The van der Waals surface area contributed by atoms with Crippen LogP contribution in [0.1, 0.15) is 19.3 Å². The lowest BCUT2D eigenvalue weighted by atomic mass is 10.0. The second-order valence-electron chi connectivity index (χ2n) is 6.17. The number of carbonyl (C=O) groups is 2. The Morgan fingerprint density at radius 3 is 3.05 bits per heavy atom. The first-order chi connectivity index (χ1) is 10.1. The van der Waals surface area contributed by atoms with E-state index in [1.807, 2.05) is 0 Å². The number of fused-ring (bicyclic) bond motifs is 2. The molecule has 4 N–H and O–H groups in total. The van der Waals surface area contributed by atoms with E-state index in [1.54, 1.807) is 16.8 Å². The number of likely N-dealkylation sites (N-methyl/N-ethyl adjacent to an activating group) is 1. The Morgan fingerprint density at radius 1 is 1.52 bits per heavy atom. The van der Waals surface area contributed by atoms with Gasteiger partial charge in [-0.2, -0.15) is 0 Å². The minimum atomic E-state index is -0.419. The van der Waals surface area contributed by atoms with Crippen molar-refractivity contribution < 1.29 is 14.4 Å². The minimum Gasteiger partial charge on any atom is -0.326 e. The fraction of sp³-hybridized carbons (Fsp3) is 0.846. The molecule has 8 nitrogen and oxygen atoms in total. The van der Waals surface area contributed by atoms with Crippen molar-refractivity contribution in [3.8, 4) is 0 Å². The summed E-state index contributed by atoms with van der Waals surface area (Å²) in [6.07, 6.45) is 2.38. The SMILES string of the molecule is CN1C(=O)N2C[C@H]1CC[C@H]2C(=O)NOC[C@@H]1C[C@@H](N)CN1. The van der Waals surface area contributed by atoms with Gasteiger partial charge in [-0.05, 0) is 19.3 Å². The number of nitrogens with zero attached hydrogens (tertiary/aromatic N) is 2. The smallest absolute Gasteiger partial charge is 0.320 e. The highest BCUT2D eigenvalue weighted by molar-refractivity contribution is 5.88. The van der Waals surface area contributed by atoms with E-state index in [9.17, 15) is 9.59 Å². The maximum Gasteiger partial charge on any atom is 0.320 e. The van der Waals surface area contributed by atoms with Crippen molar-refractivity contribution in [3.63, 3.8) is 0 Å². The summed E-state index contributed by atoms with van der Waals surface area (Å²) in [6, 6.07) is 0.0862. The summed E-state index contributed by atoms with van der Waals surface area (Å²) in [5.74, 6) is -0.237. The van der Waals surface area contributed by atoms with Crippen LogP contribution in [0.2, 0.25) is 0 Å². The molecule has 0 spiro atoms. The van der Waals surface area contributed by atoms with Crippen molar-refractivity contribution in [2.75, 3.05) is 26.7 Å². The molecule has 118 valence electrons. The van der Waals surface area contributed by atoms with Crippen molar-refractivity contribution in [1.82, 2.24) is 20.6 Å². The van der Waals surface area contributed by atoms with Gasteiger partial charge in [0.1, 0.15) is 6.04 Å². The molecule has 0 aromatic heterocycles. The van der Waals surface area contributed by atoms with Gasteiger partial charge in [0.05, 0.1) is 12.6 Å². The summed E-state index contributed by atoms with van der Waals surface area (Å²) >= 11 is 0. The van der Waals surface area contributed by atoms with Gasteiger partial charge in [-0.1, -0.05) is 0 Å². The van der Waals surface area contributed by atoms with E-state index in [2.05, 4.69) is 10.8 Å². The third-order valence-electron chi connectivity index (χ3n) is 4.67. The second kappa shape index (κ2) is 5.78. The third kappa shape index (κ3) is 2.83. The summed E-state index contributed by atoms with van der Waals surface area (Å²) in [7, 11) is 1.79. The summed E-state index contributed by atoms with van der Waals surface area (Å²) < 4.78 is 0. The van der Waals surface area contributed by atoms with Crippen molar-refractivity contribution in [2.24, 2.45) is 5.73 Å². The standard InChI is InChI=1S/C13H23N5O3/c1-17-10-2-3-11(18(6-10)13(17)20)12(19)16-21-7-9-4-8(14)5-15-9/h8-11,15H,2-7,14H2,1H3,(H,16,19)/t8-,9+,10-,11+/m1/s1. The zero-order valence-electron chi connectivity index (χ0n) is 12.2. The molecule has 0 unspecified atom stereocenters. The van der Waals surface area contributed by atoms with Gasteiger partial charge in [0, 0.05) is 32.2 Å². The van der Waals surface area contributed by atoms with E-state index in [4.69, 9.17) is 10.6 Å². The Hall–Kier alpha value is -1.38. The number of hydroxylamine groups is 1. The Balaban J connectivity index is 1.46. The number of hydrogen-bond acceptors (Lipinski definition) is 5. The van der Waals surface area contributed by atoms with Gasteiger partial charge in [-0.15, -0.1) is 0 Å². The zero-order valence-corrected chi connectivity index (χ0v) is 12.2. The largest absolute Gasteiger partial charge is 0.326 e. The summed E-state index contributed by atoms with van der Waals surface area (Å²) in [5, 5.41) is 3.23. The predicted molar refractivity (Wildman–Crippen MR) is 75.2 cm³/mol. The molecule has 3 saturated heterocycles. The number of carbonyl (C=O) groups excluding carboxylic acids is 2. The normalized spacial score (nSPS) is 35.4. The molecular weight excluding hydrogens is 274 g/mol. The van der Waals surface area contributed by atoms with Crippen LogP contribution in [-0.4, -0.2) is 72.6 Å². The van der Waals surface area contributed by atoms with Gasteiger partial charge in [0.2, 0.25) is 0 Å². The highest BCUT2D eigenvalue weighted by atomic mass is 16.7. The summed E-state index contributed by atoms with van der Waals surface area (Å²) in [4.78, 5) is 32.8. The van der Waals surface area contributed by atoms with Gasteiger partial charge < -0.3 is 20.9 Å². The van der Waals surface area contributed by atoms with Crippen LogP contribution in [0.4, 0.5) is 4.79 Å². The number of amides is 3. The average molecular weight is 297 g/mol. The second-order valence-corrected chi connectivity index (χ2v) is 6.17. The molecule has 8 heteroatoms. The number of nitrogens with one attached hydrogen (secondary N) is 2. The highest BCUT2D eigenvalue weighted by Gasteiger charge is 2.45. The molecule has 4 atom stereocenters. The third-order valence-corrected chi connectivity index (χ3v) is 4.67. The number of rotatable bonds is 4. The maximum absolute atomic E-state index is 12.2. The van der Waals surface area contributed by atoms with E-state index in [0.717, 1.165) is 19.4 Å². The van der Waals surface area contributed by atoms with Crippen LogP contribution in [0.15, 0.2) is 0 Å². The quantitative estimate of drug-likeness (QED) is 0.556. The lowest BCUT2D eigenvalue weighted by molar-refractivity contribution is -0.139. The topological polar surface area (TPSA) is 99.9 Å². The molecule has 3 heterocycles. The van der Waals surface area contributed by atoms with Crippen molar-refractivity contribution in [2.45, 2.75) is 43.4 Å². The summed E-state index contributed by atoms with van der Waals surface area (Å²) in [6.45, 7) is 1.80. The van der Waals surface area contributed by atoms with Gasteiger partial charge in [-0.25, -0.2) is 10.3 Å². The summed E-state index contributed by atoms with van der Waals surface area (Å²) in [5.41, 5.74) is 8.27. The molecule has 0 aromatic carbocycles. The number of hydrogen-bond donors (Lipinski definition) is 3. The molecule has 21 heavy (non-hydrogen) atoms. The predicted octanol–water partition coefficient (Wildman–Crippen LogP) is -1.38. The molecule has 3 fully saturated rings. The first-order valence-electron chi connectivity index (χ1n) is 7.50. The molecule has 0 saturated carbocycles. The van der Waals surface area contributed by atoms with Crippen LogP contribution < -0.4 is 16.5 Å². The Bertz CT molecular complexity index is 432. The molecule has 3 aliphatic heterocycles. The lowest BCUT2D eigenvalue weighted by Crippen LogP contribution is -2.50. The van der Waals surface area contributed by atoms with Crippen LogP contribution in [0.5, 0.6) is 0 Å². The molecule has 0 radical (unpaired) electrons. The number of nitrogens with two attached hydrogens (primary N) is 1. The molecule has 0 aliphatic carbocycles. The fourth-order valence-electron chi connectivity index (χ4n) is 3.37. The van der Waals surface area contributed by atoms with Crippen molar-refractivity contribution in [3.05, 3.63) is 0 Å². The molecule has 3 rings (SSSR count). The highest BCUT2D eigenvalue weighted by Crippen LogP contribution is 2.28. The van der Waals surface area contributed by atoms with Crippen LogP contribution in [-0.2, 0) is 9.63 Å². The molecule has 3 amide bonds. The van der Waals surface area contributed by atoms with Gasteiger partial charge in [0.15, 0.2) is 0 Å². The first kappa shape index (κ1) is 14.6. The van der Waals surface area contributed by atoms with Gasteiger partial charge in [0.25, 0.3) is 5.91 Å². The Kier molecular flexibility index (Phi) is 4.01. The Labute approximate surface area is 123 Å². The maximum atomic E-state index is 12.2. The van der Waals surface area contributed by atoms with Crippen LogP contribution in [0.3, 0.4) is 0 Å². The molecule has 2 bridgehead atoms. The number of urea groups is 1.